The fourth-order valence-corrected chi connectivity index (χ4v) is 5.77. The summed E-state index contributed by atoms with van der Waals surface area (Å²) in [6.07, 6.45) is 6.61. The Morgan fingerprint density at radius 1 is 1.19 bits per heavy atom. The Morgan fingerprint density at radius 2 is 2.00 bits per heavy atom. The van der Waals surface area contributed by atoms with Crippen molar-refractivity contribution in [3.05, 3.63) is 23.3 Å². The molecule has 0 radical (unpaired) electrons. The van der Waals surface area contributed by atoms with E-state index in [9.17, 15) is 10.2 Å². The van der Waals surface area contributed by atoms with Gasteiger partial charge in [0.1, 0.15) is 5.75 Å². The van der Waals surface area contributed by atoms with Crippen molar-refractivity contribution < 1.29 is 10.2 Å². The maximum Gasteiger partial charge on any atom is 0.129 e. The number of phenolic OH excluding ortho intramolecular Hbond substituents is 1. The van der Waals surface area contributed by atoms with Gasteiger partial charge in [0.05, 0.1) is 6.10 Å². The molecule has 3 heteroatoms. The lowest BCUT2D eigenvalue weighted by atomic mass is 9.55. The molecule has 1 aromatic carbocycles. The largest absolute Gasteiger partial charge is 0.507 e. The molecule has 114 valence electrons. The normalized spacial score (nSPS) is 41.3. The summed E-state index contributed by atoms with van der Waals surface area (Å²) < 4.78 is 0. The number of phenols is 1. The third-order valence-corrected chi connectivity index (χ3v) is 7.13. The van der Waals surface area contributed by atoms with E-state index in [0.717, 1.165) is 19.3 Å². The molecule has 5 atom stereocenters. The second-order valence-electron chi connectivity index (χ2n) is 7.59. The van der Waals surface area contributed by atoms with Gasteiger partial charge in [0.25, 0.3) is 0 Å². The molecule has 2 N–H and O–H groups in total. The van der Waals surface area contributed by atoms with Crippen LogP contribution in [0.1, 0.15) is 56.1 Å². The molecule has 4 rings (SSSR count). The van der Waals surface area contributed by atoms with Gasteiger partial charge in [-0.15, -0.1) is 12.6 Å². The van der Waals surface area contributed by atoms with Crippen LogP contribution in [0.3, 0.4) is 0 Å². The first-order chi connectivity index (χ1) is 10.0. The predicted molar refractivity (Wildman–Crippen MR) is 86.0 cm³/mol. The first kappa shape index (κ1) is 14.0. The van der Waals surface area contributed by atoms with Crippen LogP contribution in [0.5, 0.6) is 5.75 Å². The molecule has 0 heterocycles. The van der Waals surface area contributed by atoms with Crippen molar-refractivity contribution in [3.8, 4) is 5.75 Å². The summed E-state index contributed by atoms with van der Waals surface area (Å²) in [5.41, 5.74) is 2.87. The van der Waals surface area contributed by atoms with E-state index in [1.54, 1.807) is 0 Å². The maximum absolute atomic E-state index is 10.4. The highest BCUT2D eigenvalue weighted by Crippen LogP contribution is 2.61. The van der Waals surface area contributed by atoms with E-state index in [1.165, 1.54) is 30.4 Å². The minimum atomic E-state index is -0.106. The standard InChI is InChI=1S/C18H24O2S/c1-18-7-6-11-12(14(18)4-5-17(18)20)3-2-10-8-15(19)16(21)9-13(10)11/h8-9,11-12,14,17,19-21H,2-7H2,1H3/t11-,12+,14-,17-,18-/m0/s1. The zero-order chi connectivity index (χ0) is 14.8. The molecule has 0 amide bonds. The number of thiol groups is 1. The smallest absolute Gasteiger partial charge is 0.129 e. The minimum absolute atomic E-state index is 0.106. The molecule has 2 nitrogen and oxygen atoms in total. The van der Waals surface area contributed by atoms with Crippen LogP contribution in [0.4, 0.5) is 0 Å². The quantitative estimate of drug-likeness (QED) is 0.636. The first-order valence-corrected chi connectivity index (χ1v) is 8.68. The second-order valence-corrected chi connectivity index (χ2v) is 8.07. The van der Waals surface area contributed by atoms with E-state index in [-0.39, 0.29) is 11.5 Å². The molecular weight excluding hydrogens is 280 g/mol. The average molecular weight is 304 g/mol. The lowest BCUT2D eigenvalue weighted by Crippen LogP contribution is -2.43. The average Bonchev–Trinajstić information content (AvgIpc) is 2.76. The van der Waals surface area contributed by atoms with E-state index in [4.69, 9.17) is 0 Å². The third kappa shape index (κ3) is 1.90. The van der Waals surface area contributed by atoms with E-state index >= 15 is 0 Å². The lowest BCUT2D eigenvalue weighted by molar-refractivity contribution is -0.0226. The van der Waals surface area contributed by atoms with Crippen LogP contribution < -0.4 is 0 Å². The highest BCUT2D eigenvalue weighted by molar-refractivity contribution is 7.80. The number of aryl methyl sites for hydroxylation is 1. The summed E-state index contributed by atoms with van der Waals surface area (Å²) in [7, 11) is 0. The van der Waals surface area contributed by atoms with Crippen LogP contribution in [0, 0.1) is 17.3 Å². The van der Waals surface area contributed by atoms with Gasteiger partial charge in [0.2, 0.25) is 0 Å². The number of aliphatic hydroxyl groups excluding tert-OH is 1. The molecule has 2 saturated carbocycles. The third-order valence-electron chi connectivity index (χ3n) is 6.77. The van der Waals surface area contributed by atoms with Crippen LogP contribution >= 0.6 is 12.6 Å². The molecule has 2 fully saturated rings. The first-order valence-electron chi connectivity index (χ1n) is 8.23. The van der Waals surface area contributed by atoms with E-state index < -0.39 is 0 Å². The Bertz CT molecular complexity index is 585. The van der Waals surface area contributed by atoms with Gasteiger partial charge in [-0.1, -0.05) is 6.92 Å². The van der Waals surface area contributed by atoms with Crippen LogP contribution in [0.15, 0.2) is 17.0 Å². The topological polar surface area (TPSA) is 40.5 Å². The van der Waals surface area contributed by atoms with Gasteiger partial charge in [-0.3, -0.25) is 0 Å². The summed E-state index contributed by atoms with van der Waals surface area (Å²) >= 11 is 4.40. The predicted octanol–water partition coefficient (Wildman–Crippen LogP) is 3.90. The zero-order valence-corrected chi connectivity index (χ0v) is 13.4. The van der Waals surface area contributed by atoms with Gasteiger partial charge in [-0.25, -0.2) is 0 Å². The van der Waals surface area contributed by atoms with Crippen molar-refractivity contribution in [1.82, 2.24) is 0 Å². The van der Waals surface area contributed by atoms with Gasteiger partial charge >= 0.3 is 0 Å². The van der Waals surface area contributed by atoms with Crippen molar-refractivity contribution in [2.75, 3.05) is 0 Å². The Morgan fingerprint density at radius 3 is 2.81 bits per heavy atom. The van der Waals surface area contributed by atoms with Crippen LogP contribution in [-0.2, 0) is 6.42 Å². The van der Waals surface area contributed by atoms with Crippen LogP contribution in [0.25, 0.3) is 0 Å². The summed E-state index contributed by atoms with van der Waals surface area (Å²) in [6, 6.07) is 4.02. The summed E-state index contributed by atoms with van der Waals surface area (Å²) in [6.45, 7) is 2.31. The van der Waals surface area contributed by atoms with Gasteiger partial charge < -0.3 is 10.2 Å². The molecule has 0 aliphatic heterocycles. The van der Waals surface area contributed by atoms with Crippen molar-refractivity contribution in [2.45, 2.75) is 62.4 Å². The Hall–Kier alpha value is -0.670. The van der Waals surface area contributed by atoms with Gasteiger partial charge in [0, 0.05) is 4.90 Å². The fourth-order valence-electron chi connectivity index (χ4n) is 5.57. The van der Waals surface area contributed by atoms with Gasteiger partial charge in [-0.05, 0) is 85.0 Å². The lowest BCUT2D eigenvalue weighted by Gasteiger charge is -2.50. The van der Waals surface area contributed by atoms with Crippen LogP contribution in [0.2, 0.25) is 0 Å². The Balaban J connectivity index is 1.73. The number of hydrogen-bond acceptors (Lipinski definition) is 3. The van der Waals surface area contributed by atoms with E-state index in [0.29, 0.717) is 28.4 Å². The number of hydrogen-bond donors (Lipinski definition) is 3. The number of aromatic hydroxyl groups is 1. The fraction of sp³-hybridized carbons (Fsp3) is 0.667. The van der Waals surface area contributed by atoms with E-state index in [1.807, 2.05) is 6.07 Å². The molecule has 1 aromatic rings. The summed E-state index contributed by atoms with van der Waals surface area (Å²) in [5.74, 6) is 2.28. The highest BCUT2D eigenvalue weighted by atomic mass is 32.1. The minimum Gasteiger partial charge on any atom is -0.507 e. The second kappa shape index (κ2) is 4.66. The Labute approximate surface area is 132 Å². The highest BCUT2D eigenvalue weighted by Gasteiger charge is 2.54. The molecule has 3 aliphatic carbocycles. The van der Waals surface area contributed by atoms with E-state index in [2.05, 4.69) is 25.6 Å². The van der Waals surface area contributed by atoms with Crippen molar-refractivity contribution in [1.29, 1.82) is 0 Å². The SMILES string of the molecule is C[C@]12CC[C@@H]3c4cc(S)c(O)cc4CC[C@H]3[C@@H]1CC[C@@H]2O. The number of fused-ring (bicyclic) bond motifs is 5. The number of rotatable bonds is 0. The van der Waals surface area contributed by atoms with Crippen molar-refractivity contribution >= 4 is 12.6 Å². The molecule has 0 aromatic heterocycles. The Kier molecular flexibility index (Phi) is 3.10. The molecule has 0 unspecified atom stereocenters. The maximum atomic E-state index is 10.4. The molecule has 21 heavy (non-hydrogen) atoms. The molecule has 0 bridgehead atoms. The molecule has 0 spiro atoms. The number of aliphatic hydroxyl groups is 1. The van der Waals surface area contributed by atoms with Crippen LogP contribution in [-0.4, -0.2) is 16.3 Å². The number of benzene rings is 1. The molecule has 0 saturated heterocycles. The van der Waals surface area contributed by atoms with Crippen molar-refractivity contribution in [3.63, 3.8) is 0 Å². The van der Waals surface area contributed by atoms with Crippen molar-refractivity contribution in [2.24, 2.45) is 17.3 Å². The summed E-state index contributed by atoms with van der Waals surface area (Å²) in [5, 5.41) is 20.3. The monoisotopic (exact) mass is 304 g/mol. The van der Waals surface area contributed by atoms with Gasteiger partial charge in [-0.2, -0.15) is 0 Å². The molecule has 3 aliphatic rings. The van der Waals surface area contributed by atoms with Gasteiger partial charge in [0.15, 0.2) is 0 Å². The zero-order valence-electron chi connectivity index (χ0n) is 12.5. The summed E-state index contributed by atoms with van der Waals surface area (Å²) in [4.78, 5) is 0.703. The molecular formula is C18H24O2S.